The Kier molecular flexibility index (Phi) is 5.39. The molecule has 2 aromatic rings. The van der Waals surface area contributed by atoms with E-state index < -0.39 is 0 Å². The van der Waals surface area contributed by atoms with Gasteiger partial charge < -0.3 is 4.74 Å². The molecule has 0 aliphatic heterocycles. The lowest BCUT2D eigenvalue weighted by Crippen LogP contribution is -2.29. The third-order valence-corrected chi connectivity index (χ3v) is 3.68. The van der Waals surface area contributed by atoms with Gasteiger partial charge in [-0.1, -0.05) is 30.3 Å². The minimum absolute atomic E-state index is 0.0815. The van der Waals surface area contributed by atoms with Gasteiger partial charge in [-0.15, -0.1) is 0 Å². The van der Waals surface area contributed by atoms with E-state index in [1.54, 1.807) is 0 Å². The Hall–Kier alpha value is -1.11. The molecule has 0 aliphatic carbocycles. The molecule has 106 valence electrons. The van der Waals surface area contributed by atoms with E-state index in [1.165, 1.54) is 3.57 Å². The Morgan fingerprint density at radius 3 is 2.30 bits per heavy atom. The number of ether oxygens (including phenoxy) is 1. The van der Waals surface area contributed by atoms with Crippen molar-refractivity contribution in [3.63, 3.8) is 0 Å². The molecule has 4 heteroatoms. The monoisotopic (exact) mass is 382 g/mol. The van der Waals surface area contributed by atoms with Gasteiger partial charge in [-0.05, 0) is 60.2 Å². The highest BCUT2D eigenvalue weighted by molar-refractivity contribution is 14.1. The van der Waals surface area contributed by atoms with Crippen LogP contribution in [0.1, 0.15) is 31.0 Å². The maximum atomic E-state index is 5.88. The second kappa shape index (κ2) is 7.06. The van der Waals surface area contributed by atoms with Crippen LogP contribution in [-0.2, 0) is 0 Å². The van der Waals surface area contributed by atoms with Crippen molar-refractivity contribution in [2.45, 2.75) is 26.0 Å². The van der Waals surface area contributed by atoms with Crippen LogP contribution in [0.4, 0.5) is 0 Å². The van der Waals surface area contributed by atoms with E-state index in [2.05, 4.69) is 52.3 Å². The number of hydrogen-bond donors (Lipinski definition) is 2. The molecule has 0 amide bonds. The van der Waals surface area contributed by atoms with E-state index in [9.17, 15) is 0 Å². The van der Waals surface area contributed by atoms with Gasteiger partial charge in [-0.2, -0.15) is 0 Å². The van der Waals surface area contributed by atoms with Crippen LogP contribution >= 0.6 is 22.6 Å². The largest absolute Gasteiger partial charge is 0.491 e. The fraction of sp³-hybridized carbons (Fsp3) is 0.250. The van der Waals surface area contributed by atoms with Gasteiger partial charge in [0.1, 0.15) is 5.75 Å². The first kappa shape index (κ1) is 15.3. The third-order valence-electron chi connectivity index (χ3n) is 2.96. The standard InChI is InChI=1S/C16H19IN2O/c1-11(2)20-15-6-4-3-5-14(15)16(19-18)12-7-9-13(17)10-8-12/h3-11,16,19H,18H2,1-2H3. The Bertz CT molecular complexity index is 555. The van der Waals surface area contributed by atoms with Crippen molar-refractivity contribution in [3.05, 3.63) is 63.2 Å². The first-order valence-corrected chi connectivity index (χ1v) is 7.67. The van der Waals surface area contributed by atoms with Gasteiger partial charge in [0, 0.05) is 9.13 Å². The lowest BCUT2D eigenvalue weighted by atomic mass is 9.98. The maximum Gasteiger partial charge on any atom is 0.124 e. The molecule has 3 N–H and O–H groups in total. The van der Waals surface area contributed by atoms with Crippen LogP contribution in [0.3, 0.4) is 0 Å². The van der Waals surface area contributed by atoms with Crippen molar-refractivity contribution in [1.29, 1.82) is 0 Å². The van der Waals surface area contributed by atoms with E-state index in [0.717, 1.165) is 16.9 Å². The number of hydrazine groups is 1. The molecule has 0 heterocycles. The molecule has 0 aromatic heterocycles. The smallest absolute Gasteiger partial charge is 0.124 e. The number of nitrogens with one attached hydrogen (secondary N) is 1. The van der Waals surface area contributed by atoms with Gasteiger partial charge in [0.05, 0.1) is 12.1 Å². The summed E-state index contributed by atoms with van der Waals surface area (Å²) in [5.74, 6) is 6.63. The van der Waals surface area contributed by atoms with Crippen LogP contribution < -0.4 is 16.0 Å². The molecular formula is C16H19IN2O. The second-order valence-corrected chi connectivity index (χ2v) is 6.10. The predicted molar refractivity (Wildman–Crippen MR) is 90.5 cm³/mol. The van der Waals surface area contributed by atoms with Crippen LogP contribution in [0.5, 0.6) is 5.75 Å². The van der Waals surface area contributed by atoms with Crippen molar-refractivity contribution in [1.82, 2.24) is 5.43 Å². The highest BCUT2D eigenvalue weighted by Crippen LogP contribution is 2.30. The summed E-state index contributed by atoms with van der Waals surface area (Å²) in [7, 11) is 0. The molecule has 0 bridgehead atoms. The van der Waals surface area contributed by atoms with Gasteiger partial charge in [0.15, 0.2) is 0 Å². The van der Waals surface area contributed by atoms with Gasteiger partial charge in [0.2, 0.25) is 0 Å². The van der Waals surface area contributed by atoms with Crippen molar-refractivity contribution >= 4 is 22.6 Å². The molecule has 2 rings (SSSR count). The average Bonchev–Trinajstić information content (AvgIpc) is 2.43. The van der Waals surface area contributed by atoms with E-state index in [1.807, 2.05) is 38.1 Å². The highest BCUT2D eigenvalue weighted by atomic mass is 127. The fourth-order valence-corrected chi connectivity index (χ4v) is 2.46. The van der Waals surface area contributed by atoms with Crippen molar-refractivity contribution < 1.29 is 4.74 Å². The first-order chi connectivity index (χ1) is 9.61. The molecule has 2 aromatic carbocycles. The van der Waals surface area contributed by atoms with Crippen molar-refractivity contribution in [3.8, 4) is 5.75 Å². The predicted octanol–water partition coefficient (Wildman–Crippen LogP) is 3.63. The van der Waals surface area contributed by atoms with E-state index in [4.69, 9.17) is 10.6 Å². The number of rotatable bonds is 5. The van der Waals surface area contributed by atoms with Gasteiger partial charge in [-0.3, -0.25) is 5.84 Å². The number of benzene rings is 2. The second-order valence-electron chi connectivity index (χ2n) is 4.86. The first-order valence-electron chi connectivity index (χ1n) is 6.59. The molecule has 1 atom stereocenters. The lowest BCUT2D eigenvalue weighted by molar-refractivity contribution is 0.238. The van der Waals surface area contributed by atoms with E-state index >= 15 is 0 Å². The zero-order valence-corrected chi connectivity index (χ0v) is 13.8. The fourth-order valence-electron chi connectivity index (χ4n) is 2.10. The van der Waals surface area contributed by atoms with Crippen LogP contribution in [0.25, 0.3) is 0 Å². The topological polar surface area (TPSA) is 47.3 Å². The molecular weight excluding hydrogens is 363 g/mol. The zero-order valence-electron chi connectivity index (χ0n) is 11.6. The van der Waals surface area contributed by atoms with Crippen LogP contribution in [0.15, 0.2) is 48.5 Å². The van der Waals surface area contributed by atoms with Crippen LogP contribution in [0, 0.1) is 3.57 Å². The van der Waals surface area contributed by atoms with Gasteiger partial charge in [0.25, 0.3) is 0 Å². The lowest BCUT2D eigenvalue weighted by Gasteiger charge is -2.21. The SMILES string of the molecule is CC(C)Oc1ccccc1C(NN)c1ccc(I)cc1. The molecule has 1 unspecified atom stereocenters. The molecule has 0 saturated heterocycles. The Labute approximate surface area is 133 Å². The summed E-state index contributed by atoms with van der Waals surface area (Å²) in [4.78, 5) is 0. The quantitative estimate of drug-likeness (QED) is 0.472. The van der Waals surface area contributed by atoms with Crippen molar-refractivity contribution in [2.24, 2.45) is 5.84 Å². The summed E-state index contributed by atoms with van der Waals surface area (Å²) >= 11 is 2.29. The maximum absolute atomic E-state index is 5.88. The summed E-state index contributed by atoms with van der Waals surface area (Å²) in [5.41, 5.74) is 5.05. The average molecular weight is 382 g/mol. The molecule has 0 fully saturated rings. The van der Waals surface area contributed by atoms with Gasteiger partial charge in [-0.25, -0.2) is 5.43 Å². The number of para-hydroxylation sites is 1. The molecule has 0 radical (unpaired) electrons. The number of hydrogen-bond acceptors (Lipinski definition) is 3. The Morgan fingerprint density at radius 1 is 1.05 bits per heavy atom. The normalized spacial score (nSPS) is 12.4. The number of halogens is 1. The summed E-state index contributed by atoms with van der Waals surface area (Å²) in [6.07, 6.45) is 0.131. The summed E-state index contributed by atoms with van der Waals surface area (Å²) in [6, 6.07) is 16.2. The molecule has 20 heavy (non-hydrogen) atoms. The van der Waals surface area contributed by atoms with Crippen LogP contribution in [-0.4, -0.2) is 6.10 Å². The molecule has 3 nitrogen and oxygen atoms in total. The van der Waals surface area contributed by atoms with Crippen molar-refractivity contribution in [2.75, 3.05) is 0 Å². The van der Waals surface area contributed by atoms with E-state index in [0.29, 0.717) is 0 Å². The Balaban J connectivity index is 2.38. The number of nitrogens with two attached hydrogens (primary N) is 1. The highest BCUT2D eigenvalue weighted by Gasteiger charge is 2.17. The molecule has 0 saturated carbocycles. The summed E-state index contributed by atoms with van der Waals surface area (Å²) < 4.78 is 7.08. The van der Waals surface area contributed by atoms with Gasteiger partial charge >= 0.3 is 0 Å². The van der Waals surface area contributed by atoms with Crippen LogP contribution in [0.2, 0.25) is 0 Å². The minimum atomic E-state index is -0.0815. The zero-order chi connectivity index (χ0) is 14.5. The summed E-state index contributed by atoms with van der Waals surface area (Å²) in [5, 5.41) is 0. The molecule has 0 spiro atoms. The third kappa shape index (κ3) is 3.71. The molecule has 0 aliphatic rings. The minimum Gasteiger partial charge on any atom is -0.491 e. The summed E-state index contributed by atoms with van der Waals surface area (Å²) in [6.45, 7) is 4.04. The van der Waals surface area contributed by atoms with E-state index in [-0.39, 0.29) is 12.1 Å². The Morgan fingerprint density at radius 2 is 1.70 bits per heavy atom.